The first-order valence-corrected chi connectivity index (χ1v) is 10.2. The Morgan fingerprint density at radius 2 is 2.08 bits per heavy atom. The lowest BCUT2D eigenvalue weighted by atomic mass is 9.72. The number of benzene rings is 1. The summed E-state index contributed by atoms with van der Waals surface area (Å²) >= 11 is 0. The highest BCUT2D eigenvalue weighted by atomic mass is 16.3. The summed E-state index contributed by atoms with van der Waals surface area (Å²) in [5.74, 6) is 2.05. The monoisotopic (exact) mass is 350 g/mol. The van der Waals surface area contributed by atoms with Crippen LogP contribution in [0.1, 0.15) is 51.5 Å². The molecule has 4 rings (SSSR count). The second kappa shape index (κ2) is 7.40. The minimum atomic E-state index is 0.254. The van der Waals surface area contributed by atoms with Crippen molar-refractivity contribution in [2.24, 2.45) is 11.8 Å². The largest absolute Gasteiger partial charge is 0.506 e. The zero-order valence-electron chi connectivity index (χ0n) is 15.9. The summed E-state index contributed by atoms with van der Waals surface area (Å²) in [5, 5.41) is 11.1. The van der Waals surface area contributed by atoms with E-state index in [1.165, 1.54) is 32.1 Å². The van der Waals surface area contributed by atoms with E-state index < -0.39 is 0 Å². The number of phenolic OH excluding ortho intramolecular Hbond substituents is 1. The van der Waals surface area contributed by atoms with Crippen LogP contribution in [0, 0.1) is 11.8 Å². The number of likely N-dealkylation sites (N-methyl/N-ethyl adjacent to an activating group) is 1. The zero-order valence-corrected chi connectivity index (χ0v) is 15.9. The van der Waals surface area contributed by atoms with Crippen LogP contribution in [0.5, 0.6) is 5.75 Å². The van der Waals surface area contributed by atoms with Gasteiger partial charge in [0.2, 0.25) is 0 Å². The maximum atomic E-state index is 10.0. The summed E-state index contributed by atoms with van der Waals surface area (Å²) in [4.78, 5) is 7.07. The Labute approximate surface area is 156 Å². The van der Waals surface area contributed by atoms with Gasteiger partial charge in [0, 0.05) is 23.7 Å². The molecule has 0 spiro atoms. The van der Waals surface area contributed by atoms with Crippen LogP contribution in [0.15, 0.2) is 36.5 Å². The molecule has 26 heavy (non-hydrogen) atoms. The minimum absolute atomic E-state index is 0.254. The third-order valence-corrected chi connectivity index (χ3v) is 6.53. The Hall–Kier alpha value is -1.87. The van der Waals surface area contributed by atoms with Gasteiger partial charge in [-0.3, -0.25) is 9.88 Å². The summed E-state index contributed by atoms with van der Waals surface area (Å²) in [6.45, 7) is 5.85. The highest BCUT2D eigenvalue weighted by molar-refractivity contribution is 5.91. The molecule has 1 aliphatic carbocycles. The van der Waals surface area contributed by atoms with Crippen molar-refractivity contribution in [2.75, 3.05) is 6.54 Å². The van der Waals surface area contributed by atoms with E-state index in [0.717, 1.165) is 35.4 Å². The van der Waals surface area contributed by atoms with E-state index in [2.05, 4.69) is 35.9 Å². The molecule has 2 aliphatic rings. The van der Waals surface area contributed by atoms with Gasteiger partial charge in [-0.15, -0.1) is 0 Å². The molecule has 1 N–H and O–H groups in total. The lowest BCUT2D eigenvalue weighted by Crippen LogP contribution is -2.52. The molecule has 1 aliphatic heterocycles. The number of likely N-dealkylation sites (tertiary alicyclic amines) is 1. The van der Waals surface area contributed by atoms with Crippen LogP contribution >= 0.6 is 0 Å². The molecule has 4 unspecified atom stereocenters. The lowest BCUT2D eigenvalue weighted by molar-refractivity contribution is 0.0241. The Morgan fingerprint density at radius 3 is 2.92 bits per heavy atom. The van der Waals surface area contributed by atoms with Gasteiger partial charge >= 0.3 is 0 Å². The Kier molecular flexibility index (Phi) is 4.99. The number of piperidine rings is 1. The predicted molar refractivity (Wildman–Crippen MR) is 108 cm³/mol. The van der Waals surface area contributed by atoms with Gasteiger partial charge in [-0.2, -0.15) is 0 Å². The highest BCUT2D eigenvalue weighted by Gasteiger charge is 2.38. The van der Waals surface area contributed by atoms with Gasteiger partial charge in [0.25, 0.3) is 0 Å². The summed E-state index contributed by atoms with van der Waals surface area (Å²) in [6.07, 6.45) is 13.1. The van der Waals surface area contributed by atoms with Gasteiger partial charge in [0.15, 0.2) is 0 Å². The summed E-state index contributed by atoms with van der Waals surface area (Å²) in [6, 6.07) is 9.02. The van der Waals surface area contributed by atoms with E-state index in [9.17, 15) is 5.11 Å². The van der Waals surface area contributed by atoms with Crippen LogP contribution in [-0.2, 0) is 0 Å². The third kappa shape index (κ3) is 3.25. The van der Waals surface area contributed by atoms with E-state index in [1.807, 2.05) is 18.2 Å². The normalized spacial score (nSPS) is 29.9. The van der Waals surface area contributed by atoms with Crippen molar-refractivity contribution < 1.29 is 5.11 Å². The summed E-state index contributed by atoms with van der Waals surface area (Å²) < 4.78 is 0. The van der Waals surface area contributed by atoms with E-state index >= 15 is 0 Å². The van der Waals surface area contributed by atoms with E-state index in [0.29, 0.717) is 11.6 Å². The number of rotatable bonds is 3. The maximum Gasteiger partial charge on any atom is 0.141 e. The molecule has 0 bridgehead atoms. The van der Waals surface area contributed by atoms with Crippen LogP contribution < -0.4 is 0 Å². The van der Waals surface area contributed by atoms with Crippen molar-refractivity contribution in [2.45, 2.75) is 58.0 Å². The summed E-state index contributed by atoms with van der Waals surface area (Å²) in [5.41, 5.74) is 1.83. The smallest absolute Gasteiger partial charge is 0.141 e. The minimum Gasteiger partial charge on any atom is -0.506 e. The van der Waals surface area contributed by atoms with Gasteiger partial charge in [0.05, 0.1) is 0 Å². The molecule has 4 atom stereocenters. The van der Waals surface area contributed by atoms with E-state index in [1.54, 1.807) is 12.3 Å². The first-order valence-electron chi connectivity index (χ1n) is 10.2. The molecule has 2 fully saturated rings. The number of aromatic nitrogens is 1. The number of nitrogens with zero attached hydrogens (tertiary/aromatic N) is 2. The molecule has 0 amide bonds. The molecule has 138 valence electrons. The molecule has 2 aromatic rings. The molecule has 1 aromatic heterocycles. The number of pyridine rings is 1. The first kappa shape index (κ1) is 17.5. The van der Waals surface area contributed by atoms with E-state index in [4.69, 9.17) is 0 Å². The van der Waals surface area contributed by atoms with Crippen LogP contribution in [0.3, 0.4) is 0 Å². The first-order chi connectivity index (χ1) is 12.7. The number of aromatic hydroxyl groups is 1. The van der Waals surface area contributed by atoms with Crippen molar-refractivity contribution in [1.29, 1.82) is 0 Å². The van der Waals surface area contributed by atoms with Gasteiger partial charge < -0.3 is 5.11 Å². The number of fused-ring (bicyclic) bond motifs is 2. The average Bonchev–Trinajstić information content (AvgIpc) is 2.67. The van der Waals surface area contributed by atoms with Gasteiger partial charge in [-0.05, 0) is 68.2 Å². The van der Waals surface area contributed by atoms with Crippen LogP contribution in [0.25, 0.3) is 17.0 Å². The molecule has 3 nitrogen and oxygen atoms in total. The summed E-state index contributed by atoms with van der Waals surface area (Å²) in [7, 11) is 0. The van der Waals surface area contributed by atoms with Crippen LogP contribution in [0.4, 0.5) is 0 Å². The van der Waals surface area contributed by atoms with E-state index in [-0.39, 0.29) is 5.75 Å². The molecule has 1 saturated carbocycles. The average molecular weight is 351 g/mol. The Bertz CT molecular complexity index is 800. The lowest BCUT2D eigenvalue weighted by Gasteiger charge is -2.49. The number of hydrogen-bond donors (Lipinski definition) is 1. The topological polar surface area (TPSA) is 36.4 Å². The quantitative estimate of drug-likeness (QED) is 0.822. The highest BCUT2D eigenvalue weighted by Crippen LogP contribution is 2.40. The Balaban J connectivity index is 1.58. The maximum absolute atomic E-state index is 10.0. The van der Waals surface area contributed by atoms with Crippen molar-refractivity contribution in [3.05, 3.63) is 42.1 Å². The van der Waals surface area contributed by atoms with Gasteiger partial charge in [-0.25, -0.2) is 0 Å². The fourth-order valence-corrected chi connectivity index (χ4v) is 5.24. The zero-order chi connectivity index (χ0) is 18.1. The van der Waals surface area contributed by atoms with Crippen molar-refractivity contribution >= 4 is 17.0 Å². The van der Waals surface area contributed by atoms with Crippen LogP contribution in [-0.4, -0.2) is 33.6 Å². The molecular formula is C23H30N2O. The molecule has 1 aromatic carbocycles. The number of phenols is 1. The fourth-order valence-electron chi connectivity index (χ4n) is 5.24. The molecule has 1 saturated heterocycles. The molecule has 3 heteroatoms. The molecule has 0 radical (unpaired) electrons. The van der Waals surface area contributed by atoms with Crippen molar-refractivity contribution in [3.63, 3.8) is 0 Å². The fraction of sp³-hybridized carbons (Fsp3) is 0.522. The van der Waals surface area contributed by atoms with Crippen LogP contribution in [0.2, 0.25) is 0 Å². The van der Waals surface area contributed by atoms with Crippen molar-refractivity contribution in [1.82, 2.24) is 9.88 Å². The second-order valence-electron chi connectivity index (χ2n) is 8.15. The Morgan fingerprint density at radius 1 is 1.19 bits per heavy atom. The molecular weight excluding hydrogens is 320 g/mol. The second-order valence-corrected chi connectivity index (χ2v) is 8.15. The standard InChI is InChI=1S/C23H30N2O/c1-3-25-19(11-8-18-15-16(2)6-12-21(18)25)10-7-17-9-13-22(26)23-20(17)5-4-14-24-23/h4-5,7,9-10,13-14,16,18-19,21,26H,3,6,8,11-12,15H2,1-2H3/b10-7+. The predicted octanol–water partition coefficient (Wildman–Crippen LogP) is 5.24. The SMILES string of the molecule is CCN1C(/C=C/c2ccc(O)c3ncccc23)CCC2CC(C)CCC21. The molecule has 2 heterocycles. The van der Waals surface area contributed by atoms with Gasteiger partial charge in [-0.1, -0.05) is 38.1 Å². The number of hydrogen-bond acceptors (Lipinski definition) is 3. The van der Waals surface area contributed by atoms with Crippen molar-refractivity contribution in [3.8, 4) is 5.75 Å². The third-order valence-electron chi connectivity index (χ3n) is 6.53. The van der Waals surface area contributed by atoms with Gasteiger partial charge in [0.1, 0.15) is 11.3 Å².